The van der Waals surface area contributed by atoms with Gasteiger partial charge in [-0.15, -0.1) is 0 Å². The predicted molar refractivity (Wildman–Crippen MR) is 59.0 cm³/mol. The third kappa shape index (κ3) is 4.14. The fourth-order valence-corrected chi connectivity index (χ4v) is 4.03. The Kier molecular flexibility index (Phi) is 4.94. The molecule has 96 valence electrons. The van der Waals surface area contributed by atoms with E-state index in [-0.39, 0.29) is 25.1 Å². The van der Waals surface area contributed by atoms with Crippen molar-refractivity contribution in [1.82, 2.24) is 0 Å². The molecule has 1 heterocycles. The first-order chi connectivity index (χ1) is 7.41. The lowest BCUT2D eigenvalue weighted by Gasteiger charge is -2.26. The van der Waals surface area contributed by atoms with Crippen molar-refractivity contribution in [1.29, 1.82) is 0 Å². The van der Waals surface area contributed by atoms with Gasteiger partial charge >= 0.3 is 7.60 Å². The number of hydrogen-bond acceptors (Lipinski definition) is 6. The molecule has 1 saturated heterocycles. The van der Waals surface area contributed by atoms with Gasteiger partial charge in [0.2, 0.25) is 0 Å². The van der Waals surface area contributed by atoms with Crippen LogP contribution in [-0.4, -0.2) is 39.7 Å². The van der Waals surface area contributed by atoms with Gasteiger partial charge in [-0.25, -0.2) is 0 Å². The molecular formula is C8H17O6PS. The fraction of sp³-hybridized carbons (Fsp3) is 1.00. The van der Waals surface area contributed by atoms with E-state index < -0.39 is 23.8 Å². The maximum absolute atomic E-state index is 12.0. The van der Waals surface area contributed by atoms with Crippen molar-refractivity contribution in [2.24, 2.45) is 0 Å². The Labute approximate surface area is 95.9 Å². The largest absolute Gasteiger partial charge is 0.330 e. The summed E-state index contributed by atoms with van der Waals surface area (Å²) in [4.78, 5) is 0. The third-order valence-electron chi connectivity index (χ3n) is 2.12. The summed E-state index contributed by atoms with van der Waals surface area (Å²) in [7, 11) is -6.67. The second kappa shape index (κ2) is 5.60. The van der Waals surface area contributed by atoms with Crippen LogP contribution in [0.25, 0.3) is 0 Å². The molecule has 16 heavy (non-hydrogen) atoms. The van der Waals surface area contributed by atoms with E-state index in [1.165, 1.54) is 0 Å². The van der Waals surface area contributed by atoms with Crippen LogP contribution in [-0.2, 0) is 27.9 Å². The molecule has 8 heteroatoms. The molecule has 0 aliphatic carbocycles. The number of rotatable bonds is 5. The molecule has 1 aliphatic heterocycles. The predicted octanol–water partition coefficient (Wildman–Crippen LogP) is 1.37. The SMILES string of the molecule is CCOP(=O)(CC)OC1CCOS(=O)(=O)C1. The lowest BCUT2D eigenvalue weighted by Crippen LogP contribution is -2.32. The second-order valence-electron chi connectivity index (χ2n) is 3.41. The molecule has 1 fully saturated rings. The summed E-state index contributed by atoms with van der Waals surface area (Å²) < 4.78 is 49.2. The molecule has 0 bridgehead atoms. The molecule has 0 amide bonds. The Bertz CT molecular complexity index is 365. The van der Waals surface area contributed by atoms with Gasteiger partial charge in [-0.05, 0) is 6.92 Å². The van der Waals surface area contributed by atoms with Crippen molar-refractivity contribution in [3.8, 4) is 0 Å². The molecule has 2 unspecified atom stereocenters. The maximum Gasteiger partial charge on any atom is 0.330 e. The fourth-order valence-electron chi connectivity index (χ4n) is 1.37. The van der Waals surface area contributed by atoms with E-state index in [0.717, 1.165) is 0 Å². The van der Waals surface area contributed by atoms with E-state index in [1.807, 2.05) is 0 Å². The van der Waals surface area contributed by atoms with E-state index in [2.05, 4.69) is 4.18 Å². The monoisotopic (exact) mass is 272 g/mol. The minimum absolute atomic E-state index is 0.0723. The van der Waals surface area contributed by atoms with Crippen LogP contribution in [0.15, 0.2) is 0 Å². The number of hydrogen-bond donors (Lipinski definition) is 0. The summed E-state index contributed by atoms with van der Waals surface area (Å²) in [5.74, 6) is -0.260. The molecule has 1 rings (SSSR count). The van der Waals surface area contributed by atoms with Gasteiger partial charge in [-0.3, -0.25) is 8.75 Å². The lowest BCUT2D eigenvalue weighted by atomic mass is 10.3. The van der Waals surface area contributed by atoms with Crippen LogP contribution in [0.3, 0.4) is 0 Å². The Morgan fingerprint density at radius 2 is 2.12 bits per heavy atom. The Balaban J connectivity index is 2.62. The normalized spacial score (nSPS) is 28.5. The summed E-state index contributed by atoms with van der Waals surface area (Å²) in [6.07, 6.45) is 0.0465. The highest BCUT2D eigenvalue weighted by molar-refractivity contribution is 7.86. The first-order valence-electron chi connectivity index (χ1n) is 5.20. The van der Waals surface area contributed by atoms with Crippen LogP contribution >= 0.6 is 7.60 Å². The zero-order chi connectivity index (χ0) is 12.2. The molecule has 0 radical (unpaired) electrons. The van der Waals surface area contributed by atoms with Crippen molar-refractivity contribution in [3.05, 3.63) is 0 Å². The minimum Gasteiger partial charge on any atom is -0.309 e. The molecule has 0 aromatic heterocycles. The summed E-state index contributed by atoms with van der Waals surface area (Å²) in [5.41, 5.74) is 0. The van der Waals surface area contributed by atoms with Crippen LogP contribution in [0, 0.1) is 0 Å². The van der Waals surface area contributed by atoms with Gasteiger partial charge in [0, 0.05) is 12.6 Å². The van der Waals surface area contributed by atoms with Crippen LogP contribution in [0.4, 0.5) is 0 Å². The molecule has 1 aliphatic rings. The van der Waals surface area contributed by atoms with Gasteiger partial charge in [0.25, 0.3) is 10.1 Å². The average molecular weight is 272 g/mol. The molecule has 0 aromatic carbocycles. The van der Waals surface area contributed by atoms with Crippen molar-refractivity contribution in [3.63, 3.8) is 0 Å². The molecule has 0 saturated carbocycles. The van der Waals surface area contributed by atoms with E-state index in [1.54, 1.807) is 13.8 Å². The van der Waals surface area contributed by atoms with Crippen LogP contribution < -0.4 is 0 Å². The summed E-state index contributed by atoms with van der Waals surface area (Å²) in [5, 5.41) is 0. The molecular weight excluding hydrogens is 255 g/mol. The Hall–Kier alpha value is 0.0600. The molecule has 2 atom stereocenters. The summed E-state index contributed by atoms with van der Waals surface area (Å²) in [6, 6.07) is 0. The van der Waals surface area contributed by atoms with Crippen molar-refractivity contribution in [2.45, 2.75) is 26.4 Å². The maximum atomic E-state index is 12.0. The minimum atomic E-state index is -3.53. The van der Waals surface area contributed by atoms with E-state index in [0.29, 0.717) is 6.42 Å². The van der Waals surface area contributed by atoms with Crippen molar-refractivity contribution < 1.29 is 26.2 Å². The van der Waals surface area contributed by atoms with E-state index >= 15 is 0 Å². The van der Waals surface area contributed by atoms with Crippen LogP contribution in [0.2, 0.25) is 0 Å². The first-order valence-corrected chi connectivity index (χ1v) is 8.50. The van der Waals surface area contributed by atoms with Crippen LogP contribution in [0.5, 0.6) is 0 Å². The molecule has 6 nitrogen and oxygen atoms in total. The molecule has 0 aromatic rings. The standard InChI is InChI=1S/C8H17O6PS/c1-3-12-15(9,4-2)14-8-5-6-13-16(10,11)7-8/h8H,3-7H2,1-2H3. The van der Waals surface area contributed by atoms with Gasteiger partial charge in [-0.1, -0.05) is 6.92 Å². The molecule has 0 spiro atoms. The Morgan fingerprint density at radius 3 is 2.62 bits per heavy atom. The van der Waals surface area contributed by atoms with E-state index in [9.17, 15) is 13.0 Å². The van der Waals surface area contributed by atoms with Gasteiger partial charge in [0.1, 0.15) is 5.75 Å². The average Bonchev–Trinajstić information content (AvgIpc) is 2.16. The first kappa shape index (κ1) is 14.1. The summed E-state index contributed by atoms with van der Waals surface area (Å²) >= 11 is 0. The third-order valence-corrected chi connectivity index (χ3v) is 5.47. The van der Waals surface area contributed by atoms with Gasteiger partial charge in [0.15, 0.2) is 0 Å². The second-order valence-corrected chi connectivity index (χ2v) is 7.41. The van der Waals surface area contributed by atoms with E-state index in [4.69, 9.17) is 9.05 Å². The topological polar surface area (TPSA) is 78.9 Å². The zero-order valence-corrected chi connectivity index (χ0v) is 11.1. The van der Waals surface area contributed by atoms with Gasteiger partial charge in [-0.2, -0.15) is 8.42 Å². The Morgan fingerprint density at radius 1 is 1.44 bits per heavy atom. The van der Waals surface area contributed by atoms with Crippen molar-refractivity contribution >= 4 is 17.7 Å². The highest BCUT2D eigenvalue weighted by Crippen LogP contribution is 2.49. The summed E-state index contributed by atoms with van der Waals surface area (Å²) in [6.45, 7) is 3.75. The highest BCUT2D eigenvalue weighted by atomic mass is 32.2. The zero-order valence-electron chi connectivity index (χ0n) is 9.42. The van der Waals surface area contributed by atoms with Gasteiger partial charge in [0.05, 0.1) is 19.3 Å². The smallest absolute Gasteiger partial charge is 0.309 e. The van der Waals surface area contributed by atoms with Crippen molar-refractivity contribution in [2.75, 3.05) is 25.1 Å². The quantitative estimate of drug-likeness (QED) is 0.555. The lowest BCUT2D eigenvalue weighted by molar-refractivity contribution is 0.126. The van der Waals surface area contributed by atoms with Gasteiger partial charge < -0.3 is 9.05 Å². The highest BCUT2D eigenvalue weighted by Gasteiger charge is 2.32. The molecule has 0 N–H and O–H groups in total. The van der Waals surface area contributed by atoms with Crippen LogP contribution in [0.1, 0.15) is 20.3 Å².